The number of amides is 2. The fourth-order valence-electron chi connectivity index (χ4n) is 3.67. The summed E-state index contributed by atoms with van der Waals surface area (Å²) in [7, 11) is 0. The number of halogens is 2. The first-order valence-corrected chi connectivity index (χ1v) is 13.3. The van der Waals surface area contributed by atoms with Crippen LogP contribution in [-0.4, -0.2) is 29.3 Å². The minimum atomic E-state index is -0.363. The molecule has 192 valence electrons. The van der Waals surface area contributed by atoms with Crippen LogP contribution < -0.4 is 9.47 Å². The highest BCUT2D eigenvalue weighted by atomic mass is 35.5. The van der Waals surface area contributed by atoms with E-state index in [1.807, 2.05) is 36.4 Å². The second-order valence-electron chi connectivity index (χ2n) is 9.55. The van der Waals surface area contributed by atoms with Gasteiger partial charge < -0.3 is 9.47 Å². The highest BCUT2D eigenvalue weighted by Gasteiger charge is 2.35. The molecule has 0 bridgehead atoms. The summed E-state index contributed by atoms with van der Waals surface area (Å²) in [6.45, 7) is 7.36. The zero-order valence-corrected chi connectivity index (χ0v) is 23.1. The van der Waals surface area contributed by atoms with E-state index in [-0.39, 0.29) is 23.1 Å². The molecule has 1 aliphatic rings. The van der Waals surface area contributed by atoms with Crippen molar-refractivity contribution in [3.63, 3.8) is 0 Å². The lowest BCUT2D eigenvalue weighted by atomic mass is 9.87. The number of benzene rings is 3. The largest absolute Gasteiger partial charge is 0.490 e. The summed E-state index contributed by atoms with van der Waals surface area (Å²) in [5.74, 6) is 1.08. The standard InChI is InChI=1S/C29H27Cl2NO4S/c1-29(2,3)21-8-11-23(12-9-21)35-13-14-36-24-6-4-5-19(15-24)16-26-27(33)32(28(34)37-26)18-20-7-10-22(30)17-25(20)31/h4-12,15-17H,13-14,18H2,1-3H3/b26-16-. The Hall–Kier alpha value is -2.93. The smallest absolute Gasteiger partial charge is 0.293 e. The number of carbonyl (C=O) groups is 2. The first-order chi connectivity index (χ1) is 17.6. The van der Waals surface area contributed by atoms with Gasteiger partial charge in [0.25, 0.3) is 11.1 Å². The third kappa shape index (κ3) is 7.10. The summed E-state index contributed by atoms with van der Waals surface area (Å²) < 4.78 is 11.6. The molecule has 3 aromatic rings. The van der Waals surface area contributed by atoms with Gasteiger partial charge in [0.05, 0.1) is 11.4 Å². The zero-order chi connectivity index (χ0) is 26.6. The Morgan fingerprint density at radius 3 is 2.27 bits per heavy atom. The summed E-state index contributed by atoms with van der Waals surface area (Å²) in [5, 5.41) is 0.555. The van der Waals surface area contributed by atoms with Gasteiger partial charge >= 0.3 is 0 Å². The maximum absolute atomic E-state index is 12.9. The van der Waals surface area contributed by atoms with Gasteiger partial charge in [0.1, 0.15) is 24.7 Å². The van der Waals surface area contributed by atoms with Crippen molar-refractivity contribution in [1.29, 1.82) is 0 Å². The summed E-state index contributed by atoms with van der Waals surface area (Å²) in [6.07, 6.45) is 1.69. The van der Waals surface area contributed by atoms with Gasteiger partial charge in [-0.1, -0.05) is 74.3 Å². The summed E-state index contributed by atoms with van der Waals surface area (Å²) in [5.41, 5.74) is 2.75. The number of imide groups is 1. The third-order valence-electron chi connectivity index (χ3n) is 5.71. The van der Waals surface area contributed by atoms with Gasteiger partial charge in [-0.3, -0.25) is 14.5 Å². The maximum atomic E-state index is 12.9. The Labute approximate surface area is 231 Å². The fraction of sp³-hybridized carbons (Fsp3) is 0.241. The second-order valence-corrected chi connectivity index (χ2v) is 11.4. The highest BCUT2D eigenvalue weighted by molar-refractivity contribution is 8.18. The lowest BCUT2D eigenvalue weighted by molar-refractivity contribution is -0.123. The number of ether oxygens (including phenoxy) is 2. The monoisotopic (exact) mass is 555 g/mol. The quantitative estimate of drug-likeness (QED) is 0.208. The Balaban J connectivity index is 1.33. The van der Waals surface area contributed by atoms with Crippen molar-refractivity contribution in [2.45, 2.75) is 32.7 Å². The molecule has 1 aliphatic heterocycles. The molecule has 0 spiro atoms. The van der Waals surface area contributed by atoms with Crippen LogP contribution in [0.3, 0.4) is 0 Å². The van der Waals surface area contributed by atoms with Crippen molar-refractivity contribution in [1.82, 2.24) is 4.90 Å². The molecule has 5 nitrogen and oxygen atoms in total. The number of nitrogens with zero attached hydrogens (tertiary/aromatic N) is 1. The molecule has 8 heteroatoms. The average Bonchev–Trinajstić information content (AvgIpc) is 3.10. The van der Waals surface area contributed by atoms with E-state index in [0.717, 1.165) is 23.1 Å². The Kier molecular flexibility index (Phi) is 8.53. The molecule has 0 atom stereocenters. The van der Waals surface area contributed by atoms with E-state index >= 15 is 0 Å². The van der Waals surface area contributed by atoms with E-state index in [0.29, 0.717) is 39.5 Å². The van der Waals surface area contributed by atoms with E-state index in [2.05, 4.69) is 32.9 Å². The van der Waals surface area contributed by atoms with Gasteiger partial charge in [0.2, 0.25) is 0 Å². The number of thioether (sulfide) groups is 1. The molecule has 0 saturated carbocycles. The van der Waals surface area contributed by atoms with Crippen LogP contribution in [0.5, 0.6) is 11.5 Å². The molecule has 0 aromatic heterocycles. The molecule has 2 amide bonds. The third-order valence-corrected chi connectivity index (χ3v) is 7.21. The molecular weight excluding hydrogens is 529 g/mol. The van der Waals surface area contributed by atoms with Crippen molar-refractivity contribution in [3.05, 3.63) is 98.4 Å². The van der Waals surface area contributed by atoms with Gasteiger partial charge in [-0.2, -0.15) is 0 Å². The van der Waals surface area contributed by atoms with E-state index in [4.69, 9.17) is 32.7 Å². The topological polar surface area (TPSA) is 55.8 Å². The van der Waals surface area contributed by atoms with Crippen LogP contribution in [0.15, 0.2) is 71.6 Å². The molecule has 4 rings (SSSR count). The average molecular weight is 557 g/mol. The molecular formula is C29H27Cl2NO4S. The van der Waals surface area contributed by atoms with Gasteiger partial charge in [-0.05, 0) is 76.3 Å². The minimum absolute atomic E-state index is 0.0834. The molecule has 37 heavy (non-hydrogen) atoms. The Morgan fingerprint density at radius 1 is 0.892 bits per heavy atom. The van der Waals surface area contributed by atoms with Crippen LogP contribution in [0.2, 0.25) is 10.0 Å². The van der Waals surface area contributed by atoms with Gasteiger partial charge in [0.15, 0.2) is 0 Å². The van der Waals surface area contributed by atoms with Crippen molar-refractivity contribution in [2.75, 3.05) is 13.2 Å². The molecule has 0 unspecified atom stereocenters. The van der Waals surface area contributed by atoms with E-state index in [1.54, 1.807) is 24.3 Å². The molecule has 0 radical (unpaired) electrons. The predicted molar refractivity (Wildman–Crippen MR) is 151 cm³/mol. The molecule has 1 heterocycles. The van der Waals surface area contributed by atoms with E-state index in [9.17, 15) is 9.59 Å². The number of hydrogen-bond donors (Lipinski definition) is 0. The Morgan fingerprint density at radius 2 is 1.59 bits per heavy atom. The normalized spacial score (nSPS) is 14.9. The Bertz CT molecular complexity index is 1330. The lowest BCUT2D eigenvalue weighted by Gasteiger charge is -2.19. The summed E-state index contributed by atoms with van der Waals surface area (Å²) in [4.78, 5) is 26.9. The molecule has 0 aliphatic carbocycles. The molecule has 1 fully saturated rings. The molecule has 3 aromatic carbocycles. The van der Waals surface area contributed by atoms with E-state index in [1.165, 1.54) is 10.5 Å². The second kappa shape index (κ2) is 11.6. The minimum Gasteiger partial charge on any atom is -0.490 e. The number of hydrogen-bond acceptors (Lipinski definition) is 5. The summed E-state index contributed by atoms with van der Waals surface area (Å²) in [6, 6.07) is 20.4. The van der Waals surface area contributed by atoms with Gasteiger partial charge in [0, 0.05) is 10.0 Å². The zero-order valence-electron chi connectivity index (χ0n) is 20.8. The van der Waals surface area contributed by atoms with E-state index < -0.39 is 0 Å². The molecule has 1 saturated heterocycles. The van der Waals surface area contributed by atoms with Crippen LogP contribution in [0, 0.1) is 0 Å². The predicted octanol–water partition coefficient (Wildman–Crippen LogP) is 7.99. The van der Waals surface area contributed by atoms with Crippen molar-refractivity contribution in [2.24, 2.45) is 0 Å². The lowest BCUT2D eigenvalue weighted by Crippen LogP contribution is -2.27. The van der Waals surface area contributed by atoms with Crippen molar-refractivity contribution in [3.8, 4) is 11.5 Å². The number of rotatable bonds is 8. The van der Waals surface area contributed by atoms with Gasteiger partial charge in [-0.15, -0.1) is 0 Å². The van der Waals surface area contributed by atoms with Crippen LogP contribution >= 0.6 is 35.0 Å². The van der Waals surface area contributed by atoms with Crippen molar-refractivity contribution >= 4 is 52.2 Å². The first kappa shape index (κ1) is 27.1. The van der Waals surface area contributed by atoms with Crippen LogP contribution in [-0.2, 0) is 16.8 Å². The first-order valence-electron chi connectivity index (χ1n) is 11.8. The number of carbonyl (C=O) groups excluding carboxylic acids is 2. The maximum Gasteiger partial charge on any atom is 0.293 e. The summed E-state index contributed by atoms with van der Waals surface area (Å²) >= 11 is 13.1. The van der Waals surface area contributed by atoms with Crippen molar-refractivity contribution < 1.29 is 19.1 Å². The van der Waals surface area contributed by atoms with Crippen LogP contribution in [0.25, 0.3) is 6.08 Å². The van der Waals surface area contributed by atoms with Gasteiger partial charge in [-0.25, -0.2) is 0 Å². The fourth-order valence-corrected chi connectivity index (χ4v) is 4.98. The highest BCUT2D eigenvalue weighted by Crippen LogP contribution is 2.35. The van der Waals surface area contributed by atoms with Crippen LogP contribution in [0.1, 0.15) is 37.5 Å². The molecule has 0 N–H and O–H groups in total. The van der Waals surface area contributed by atoms with Crippen LogP contribution in [0.4, 0.5) is 4.79 Å². The SMILES string of the molecule is CC(C)(C)c1ccc(OCCOc2cccc(/C=C3\SC(=O)N(Cc4ccc(Cl)cc4Cl)C3=O)c2)cc1.